The van der Waals surface area contributed by atoms with Crippen molar-refractivity contribution in [1.29, 1.82) is 0 Å². The van der Waals surface area contributed by atoms with Gasteiger partial charge in [0, 0.05) is 0 Å². The Hall–Kier alpha value is -3.67. The van der Waals surface area contributed by atoms with Gasteiger partial charge in [0.05, 0.1) is 12.1 Å². The summed E-state index contributed by atoms with van der Waals surface area (Å²) in [4.78, 5) is 7.68. The molecule has 0 radical (unpaired) electrons. The number of imidazole rings is 1. The van der Waals surface area contributed by atoms with Crippen LogP contribution in [0.5, 0.6) is 0 Å². The molecule has 0 N–H and O–H groups in total. The smallest absolute Gasteiger partial charge is 0.296 e. The maximum atomic E-state index is 14.4. The summed E-state index contributed by atoms with van der Waals surface area (Å²) in [6.07, 6.45) is 0. The average Bonchev–Trinajstić information content (AvgIpc) is 3.20. The normalized spacial score (nSPS) is 10.9. The zero-order chi connectivity index (χ0) is 17.4. The highest BCUT2D eigenvalue weighted by Gasteiger charge is 2.21. The van der Waals surface area contributed by atoms with Crippen LogP contribution in [0.2, 0.25) is 0 Å². The molecular formula is C16H10FN7O. The average molecular weight is 335 g/mol. The van der Waals surface area contributed by atoms with Gasteiger partial charge < -0.3 is 9.41 Å². The highest BCUT2D eigenvalue weighted by Crippen LogP contribution is 2.27. The summed E-state index contributed by atoms with van der Waals surface area (Å²) in [6.45, 7) is 8.88. The molecule has 0 fully saturated rings. The Bertz CT molecular complexity index is 1110. The summed E-state index contributed by atoms with van der Waals surface area (Å²) in [6, 6.07) is 7.91. The third kappa shape index (κ3) is 2.49. The first-order chi connectivity index (χ1) is 12.2. The van der Waals surface area contributed by atoms with Crippen molar-refractivity contribution < 1.29 is 9.02 Å². The predicted octanol–water partition coefficient (Wildman–Crippen LogP) is 2.92. The van der Waals surface area contributed by atoms with E-state index in [0.717, 1.165) is 0 Å². The first kappa shape index (κ1) is 14.9. The quantitative estimate of drug-likeness (QED) is 0.535. The third-order valence-electron chi connectivity index (χ3n) is 3.72. The molecule has 0 amide bonds. The SMILES string of the molecule is [C-]#[N+]c1ccc(Cn2c(-c3nonc3C)nc3cccc(F)c32)nn1. The fraction of sp³-hybridized carbons (Fsp3) is 0.125. The number of rotatable bonds is 3. The van der Waals surface area contributed by atoms with Crippen molar-refractivity contribution in [2.75, 3.05) is 0 Å². The molecular weight excluding hydrogens is 325 g/mol. The lowest BCUT2D eigenvalue weighted by molar-refractivity contribution is 0.305. The maximum absolute atomic E-state index is 14.4. The highest BCUT2D eigenvalue weighted by atomic mass is 19.1. The van der Waals surface area contributed by atoms with Gasteiger partial charge in [-0.05, 0) is 41.4 Å². The van der Waals surface area contributed by atoms with E-state index in [4.69, 9.17) is 11.2 Å². The van der Waals surface area contributed by atoms with Crippen LogP contribution >= 0.6 is 0 Å². The molecule has 0 spiro atoms. The van der Waals surface area contributed by atoms with E-state index in [1.165, 1.54) is 6.07 Å². The molecule has 1 aromatic carbocycles. The van der Waals surface area contributed by atoms with Gasteiger partial charge in [0.25, 0.3) is 5.82 Å². The minimum absolute atomic E-state index is 0.196. The van der Waals surface area contributed by atoms with Crippen LogP contribution in [0.4, 0.5) is 10.2 Å². The van der Waals surface area contributed by atoms with Crippen LogP contribution < -0.4 is 0 Å². The molecule has 0 unspecified atom stereocenters. The molecule has 25 heavy (non-hydrogen) atoms. The van der Waals surface area contributed by atoms with Crippen molar-refractivity contribution in [1.82, 2.24) is 30.1 Å². The van der Waals surface area contributed by atoms with Crippen LogP contribution in [0, 0.1) is 19.3 Å². The van der Waals surface area contributed by atoms with E-state index in [0.29, 0.717) is 33.9 Å². The number of benzene rings is 1. The Kier molecular flexibility index (Phi) is 3.43. The summed E-state index contributed by atoms with van der Waals surface area (Å²) in [5.41, 5.74) is 2.36. The van der Waals surface area contributed by atoms with Gasteiger partial charge in [0.15, 0.2) is 11.5 Å². The van der Waals surface area contributed by atoms with Gasteiger partial charge >= 0.3 is 0 Å². The molecule has 4 rings (SSSR count). The second-order valence-electron chi connectivity index (χ2n) is 5.32. The van der Waals surface area contributed by atoms with E-state index in [-0.39, 0.29) is 12.4 Å². The van der Waals surface area contributed by atoms with Gasteiger partial charge in [-0.15, -0.1) is 0 Å². The minimum Gasteiger partial charge on any atom is -0.359 e. The van der Waals surface area contributed by atoms with Gasteiger partial charge in [-0.2, -0.15) is 0 Å². The Morgan fingerprint density at radius 2 is 2.08 bits per heavy atom. The van der Waals surface area contributed by atoms with Gasteiger partial charge in [-0.3, -0.25) is 0 Å². The molecule has 0 atom stereocenters. The van der Waals surface area contributed by atoms with Crippen molar-refractivity contribution in [3.8, 4) is 11.5 Å². The molecule has 0 aliphatic carbocycles. The first-order valence-electron chi connectivity index (χ1n) is 7.31. The summed E-state index contributed by atoms with van der Waals surface area (Å²) < 4.78 is 20.8. The molecule has 0 aliphatic rings. The number of fused-ring (bicyclic) bond motifs is 1. The van der Waals surface area contributed by atoms with Crippen LogP contribution in [-0.2, 0) is 6.54 Å². The molecule has 0 bridgehead atoms. The Labute approximate surface area is 140 Å². The number of aromatic nitrogens is 6. The summed E-state index contributed by atoms with van der Waals surface area (Å²) >= 11 is 0. The lowest BCUT2D eigenvalue weighted by Crippen LogP contribution is -2.06. The van der Waals surface area contributed by atoms with Crippen LogP contribution in [0.25, 0.3) is 27.4 Å². The number of halogens is 1. The molecule has 3 heterocycles. The number of nitrogens with zero attached hydrogens (tertiary/aromatic N) is 7. The zero-order valence-electron chi connectivity index (χ0n) is 13.0. The largest absolute Gasteiger partial charge is 0.359 e. The fourth-order valence-electron chi connectivity index (χ4n) is 2.57. The molecule has 4 aromatic rings. The van der Waals surface area contributed by atoms with Crippen LogP contribution in [-0.4, -0.2) is 30.1 Å². The molecule has 0 saturated heterocycles. The van der Waals surface area contributed by atoms with E-state index >= 15 is 0 Å². The van der Waals surface area contributed by atoms with Crippen molar-refractivity contribution in [2.24, 2.45) is 0 Å². The molecule has 9 heteroatoms. The summed E-state index contributed by atoms with van der Waals surface area (Å²) in [7, 11) is 0. The Balaban J connectivity index is 1.91. The lowest BCUT2D eigenvalue weighted by Gasteiger charge is -2.07. The topological polar surface area (TPSA) is 86.9 Å². The second kappa shape index (κ2) is 5.76. The standard InChI is InChI=1S/C16H10FN7O/c1-9-14(23-25-22-9)16-19-12-5-3-4-11(17)15(12)24(16)8-10-6-7-13(18-2)21-20-10/h3-7H,8H2,1H3. The van der Waals surface area contributed by atoms with E-state index in [2.05, 4.69) is 30.3 Å². The van der Waals surface area contributed by atoms with Crippen molar-refractivity contribution in [3.05, 3.63) is 59.0 Å². The fourth-order valence-corrected chi connectivity index (χ4v) is 2.57. The second-order valence-corrected chi connectivity index (χ2v) is 5.32. The van der Waals surface area contributed by atoms with Crippen molar-refractivity contribution in [3.63, 3.8) is 0 Å². The van der Waals surface area contributed by atoms with Crippen LogP contribution in [0.1, 0.15) is 11.4 Å². The molecule has 122 valence electrons. The van der Waals surface area contributed by atoms with Gasteiger partial charge in [0.2, 0.25) is 0 Å². The van der Waals surface area contributed by atoms with Gasteiger partial charge in [-0.1, -0.05) is 22.9 Å². The van der Waals surface area contributed by atoms with Crippen LogP contribution in [0.3, 0.4) is 0 Å². The Morgan fingerprint density at radius 3 is 2.76 bits per heavy atom. The van der Waals surface area contributed by atoms with E-state index < -0.39 is 5.82 Å². The first-order valence-corrected chi connectivity index (χ1v) is 7.31. The predicted molar refractivity (Wildman–Crippen MR) is 85.1 cm³/mol. The van der Waals surface area contributed by atoms with E-state index in [9.17, 15) is 4.39 Å². The van der Waals surface area contributed by atoms with Gasteiger partial charge in [-0.25, -0.2) is 14.0 Å². The summed E-state index contributed by atoms with van der Waals surface area (Å²) in [5.74, 6) is 0.216. The molecule has 8 nitrogen and oxygen atoms in total. The third-order valence-corrected chi connectivity index (χ3v) is 3.72. The number of hydrogen-bond acceptors (Lipinski definition) is 6. The highest BCUT2D eigenvalue weighted by molar-refractivity contribution is 5.81. The minimum atomic E-state index is -0.406. The maximum Gasteiger partial charge on any atom is 0.296 e. The van der Waals surface area contributed by atoms with E-state index in [1.54, 1.807) is 35.8 Å². The van der Waals surface area contributed by atoms with Crippen LogP contribution in [0.15, 0.2) is 35.0 Å². The molecule has 3 aromatic heterocycles. The van der Waals surface area contributed by atoms with Gasteiger partial charge in [0.1, 0.15) is 22.7 Å². The number of para-hydroxylation sites is 1. The van der Waals surface area contributed by atoms with Crippen molar-refractivity contribution in [2.45, 2.75) is 13.5 Å². The Morgan fingerprint density at radius 1 is 1.20 bits per heavy atom. The monoisotopic (exact) mass is 335 g/mol. The zero-order valence-corrected chi connectivity index (χ0v) is 13.0. The van der Waals surface area contributed by atoms with E-state index in [1.807, 2.05) is 0 Å². The molecule has 0 aliphatic heterocycles. The number of hydrogen-bond donors (Lipinski definition) is 0. The number of aryl methyl sites for hydroxylation is 1. The lowest BCUT2D eigenvalue weighted by atomic mass is 10.3. The molecule has 0 saturated carbocycles. The summed E-state index contributed by atoms with van der Waals surface area (Å²) in [5, 5.41) is 15.5. The van der Waals surface area contributed by atoms with Crippen molar-refractivity contribution >= 4 is 16.9 Å².